The number of aliphatic hydroxyl groups is 1. The van der Waals surface area contributed by atoms with Crippen molar-refractivity contribution in [2.75, 3.05) is 35.5 Å². The van der Waals surface area contributed by atoms with Gasteiger partial charge in [-0.05, 0) is 60.6 Å². The normalized spacial score (nSPS) is 20.3. The molecule has 0 radical (unpaired) electrons. The molecule has 0 amide bonds. The lowest BCUT2D eigenvalue weighted by Gasteiger charge is -2.27. The molecule has 1 heterocycles. The van der Waals surface area contributed by atoms with E-state index in [2.05, 4.69) is 10.6 Å². The van der Waals surface area contributed by atoms with Gasteiger partial charge in [0.05, 0.1) is 30.9 Å². The van der Waals surface area contributed by atoms with Gasteiger partial charge in [-0.1, -0.05) is 32.9 Å². The quantitative estimate of drug-likeness (QED) is 0.390. The van der Waals surface area contributed by atoms with Crippen molar-refractivity contribution in [1.82, 2.24) is 5.32 Å². The Morgan fingerprint density at radius 2 is 1.85 bits per heavy atom. The molecule has 8 nitrogen and oxygen atoms in total. The molecule has 2 aromatic carbocycles. The Bertz CT molecular complexity index is 1200. The summed E-state index contributed by atoms with van der Waals surface area (Å²) < 4.78 is 49.8. The van der Waals surface area contributed by atoms with E-state index < -0.39 is 26.0 Å². The molecule has 4 N–H and O–H groups in total. The van der Waals surface area contributed by atoms with Crippen molar-refractivity contribution in [1.29, 1.82) is 4.78 Å². The highest BCUT2D eigenvalue weighted by atomic mass is 32.2. The molecule has 0 saturated carbocycles. The summed E-state index contributed by atoms with van der Waals surface area (Å²) in [6, 6.07) is 11.9. The molecule has 188 valence electrons. The van der Waals surface area contributed by atoms with Crippen LogP contribution in [0, 0.1) is 16.6 Å². The molecule has 1 fully saturated rings. The van der Waals surface area contributed by atoms with Crippen LogP contribution in [-0.4, -0.2) is 49.9 Å². The lowest BCUT2D eigenvalue weighted by molar-refractivity contribution is 0.157. The summed E-state index contributed by atoms with van der Waals surface area (Å²) in [6.07, 6.45) is 2.21. The number of anilines is 2. The van der Waals surface area contributed by atoms with Crippen molar-refractivity contribution in [3.8, 4) is 0 Å². The molecule has 1 aliphatic heterocycles. The van der Waals surface area contributed by atoms with Crippen LogP contribution in [0.5, 0.6) is 0 Å². The van der Waals surface area contributed by atoms with E-state index in [1.54, 1.807) is 6.07 Å². The Kier molecular flexibility index (Phi) is 8.28. The van der Waals surface area contributed by atoms with Crippen LogP contribution in [0.2, 0.25) is 0 Å². The van der Waals surface area contributed by atoms with Crippen LogP contribution >= 0.6 is 0 Å². The first-order valence-corrected chi connectivity index (χ1v) is 15.0. The average molecular weight is 509 g/mol. The van der Waals surface area contributed by atoms with Crippen LogP contribution in [0.3, 0.4) is 0 Å². The molecule has 2 aromatic rings. The van der Waals surface area contributed by atoms with Crippen LogP contribution in [0.15, 0.2) is 52.3 Å². The molecule has 3 rings (SSSR count). The number of nitrogens with one attached hydrogen (secondary N) is 3. The van der Waals surface area contributed by atoms with Gasteiger partial charge in [-0.15, -0.1) is 0 Å². The summed E-state index contributed by atoms with van der Waals surface area (Å²) in [5, 5.41) is 15.8. The van der Waals surface area contributed by atoms with Gasteiger partial charge in [-0.2, -0.15) is 0 Å². The first-order valence-electron chi connectivity index (χ1n) is 11.6. The third-order valence-corrected chi connectivity index (χ3v) is 8.87. The molecular weight excluding hydrogens is 472 g/mol. The van der Waals surface area contributed by atoms with Gasteiger partial charge in [-0.25, -0.2) is 17.4 Å². The van der Waals surface area contributed by atoms with Gasteiger partial charge in [0.1, 0.15) is 6.23 Å². The summed E-state index contributed by atoms with van der Waals surface area (Å²) in [4.78, 5) is 0.166. The van der Waals surface area contributed by atoms with Crippen molar-refractivity contribution in [2.24, 2.45) is 11.8 Å². The van der Waals surface area contributed by atoms with Crippen molar-refractivity contribution in [3.05, 3.63) is 48.0 Å². The summed E-state index contributed by atoms with van der Waals surface area (Å²) >= 11 is 0. The Morgan fingerprint density at radius 1 is 1.18 bits per heavy atom. The Balaban J connectivity index is 1.97. The highest BCUT2D eigenvalue weighted by molar-refractivity contribution is 7.93. The minimum atomic E-state index is -3.95. The van der Waals surface area contributed by atoms with Crippen LogP contribution in [0.4, 0.5) is 11.4 Å². The van der Waals surface area contributed by atoms with Crippen LogP contribution in [-0.2, 0) is 26.2 Å². The van der Waals surface area contributed by atoms with Crippen LogP contribution < -0.4 is 14.9 Å². The van der Waals surface area contributed by atoms with Crippen LogP contribution in [0.25, 0.3) is 0 Å². The van der Waals surface area contributed by atoms with E-state index in [1.807, 2.05) is 45.0 Å². The fourth-order valence-corrected chi connectivity index (χ4v) is 6.67. The third-order valence-electron chi connectivity index (χ3n) is 5.90. The number of benzene rings is 2. The lowest BCUT2D eigenvalue weighted by Crippen LogP contribution is -2.34. The maximum atomic E-state index is 13.7. The monoisotopic (exact) mass is 508 g/mol. The third kappa shape index (κ3) is 6.29. The predicted octanol–water partition coefficient (Wildman–Crippen LogP) is 3.48. The second-order valence-electron chi connectivity index (χ2n) is 9.36. The topological polar surface area (TPSA) is 123 Å². The van der Waals surface area contributed by atoms with E-state index in [9.17, 15) is 17.7 Å². The van der Waals surface area contributed by atoms with E-state index >= 15 is 0 Å². The standard InChI is InChI=1S/C24H36N4O4S2/c1-5-18-6-8-20(9-7-18)28(16-17(2)3)34(31,32)21-10-11-22(23(13-21)33(4,25)30)26-14-19-12-24(29)27-15-19/h6-11,13,17,19,24-27,29H,5,12,14-16H2,1-4H3. The number of sulfonamides is 1. The number of rotatable bonds is 10. The Hall–Kier alpha value is -2.14. The Labute approximate surface area is 203 Å². The summed E-state index contributed by atoms with van der Waals surface area (Å²) in [5.41, 5.74) is 2.17. The summed E-state index contributed by atoms with van der Waals surface area (Å²) in [7, 11) is -7.16. The second-order valence-corrected chi connectivity index (χ2v) is 13.3. The zero-order chi connectivity index (χ0) is 25.1. The van der Waals surface area contributed by atoms with Crippen LogP contribution in [0.1, 0.15) is 32.8 Å². The highest BCUT2D eigenvalue weighted by Gasteiger charge is 2.28. The van der Waals surface area contributed by atoms with E-state index in [-0.39, 0.29) is 21.6 Å². The zero-order valence-corrected chi connectivity index (χ0v) is 21.9. The fraction of sp³-hybridized carbons (Fsp3) is 0.500. The molecule has 1 aliphatic rings. The second kappa shape index (κ2) is 10.6. The van der Waals surface area contributed by atoms with Gasteiger partial charge in [0.2, 0.25) is 0 Å². The predicted molar refractivity (Wildman–Crippen MR) is 137 cm³/mol. The fourth-order valence-electron chi connectivity index (χ4n) is 4.03. The van der Waals surface area contributed by atoms with Gasteiger partial charge in [0, 0.05) is 25.9 Å². The molecule has 0 aromatic heterocycles. The zero-order valence-electron chi connectivity index (χ0n) is 20.2. The number of hydrogen-bond donors (Lipinski definition) is 4. The molecule has 3 unspecified atom stereocenters. The molecule has 0 spiro atoms. The van der Waals surface area contributed by atoms with E-state index in [0.29, 0.717) is 37.4 Å². The van der Waals surface area contributed by atoms with Gasteiger partial charge >= 0.3 is 0 Å². The number of hydrogen-bond acceptors (Lipinski definition) is 7. The maximum absolute atomic E-state index is 13.7. The van der Waals surface area contributed by atoms with E-state index in [4.69, 9.17) is 4.78 Å². The molecular formula is C24H36N4O4S2. The minimum absolute atomic E-state index is 0.00745. The molecule has 34 heavy (non-hydrogen) atoms. The molecule has 0 aliphatic carbocycles. The molecule has 3 atom stereocenters. The van der Waals surface area contributed by atoms with Crippen molar-refractivity contribution < 1.29 is 17.7 Å². The lowest BCUT2D eigenvalue weighted by atomic mass is 10.1. The first-order chi connectivity index (χ1) is 15.9. The first kappa shape index (κ1) is 26.5. The van der Waals surface area contributed by atoms with Gasteiger partial charge in [0.15, 0.2) is 0 Å². The molecule has 1 saturated heterocycles. The number of nitrogens with zero attached hydrogens (tertiary/aromatic N) is 1. The summed E-state index contributed by atoms with van der Waals surface area (Å²) in [5.74, 6) is 0.264. The van der Waals surface area contributed by atoms with E-state index in [1.165, 1.54) is 22.7 Å². The molecule has 0 bridgehead atoms. The molecule has 10 heteroatoms. The maximum Gasteiger partial charge on any atom is 0.264 e. The van der Waals surface area contributed by atoms with Gasteiger partial charge in [0.25, 0.3) is 10.0 Å². The smallest absolute Gasteiger partial charge is 0.264 e. The largest absolute Gasteiger partial charge is 0.384 e. The minimum Gasteiger partial charge on any atom is -0.384 e. The van der Waals surface area contributed by atoms with Crippen molar-refractivity contribution in [2.45, 2.75) is 49.6 Å². The number of aliphatic hydroxyl groups excluding tert-OH is 1. The number of aryl methyl sites for hydroxylation is 1. The highest BCUT2D eigenvalue weighted by Crippen LogP contribution is 2.30. The van der Waals surface area contributed by atoms with Gasteiger partial charge in [-0.3, -0.25) is 9.62 Å². The summed E-state index contributed by atoms with van der Waals surface area (Å²) in [6.45, 7) is 7.42. The SMILES string of the molecule is CCc1ccc(N(CC(C)C)S(=O)(=O)c2ccc(NCC3CNC(O)C3)c(S(C)(=N)=O)c2)cc1. The van der Waals surface area contributed by atoms with Crippen molar-refractivity contribution >= 4 is 31.1 Å². The average Bonchev–Trinajstić information content (AvgIpc) is 3.20. The van der Waals surface area contributed by atoms with Crippen molar-refractivity contribution in [3.63, 3.8) is 0 Å². The Morgan fingerprint density at radius 3 is 2.38 bits per heavy atom. The van der Waals surface area contributed by atoms with Gasteiger partial charge < -0.3 is 10.4 Å². The van der Waals surface area contributed by atoms with E-state index in [0.717, 1.165) is 12.0 Å².